The molecule has 3 atom stereocenters. The first kappa shape index (κ1) is 22.3. The molecule has 2 aromatic rings. The van der Waals surface area contributed by atoms with Gasteiger partial charge >= 0.3 is 0 Å². The van der Waals surface area contributed by atoms with E-state index in [4.69, 9.17) is 28.9 Å². The molecule has 2 aromatic carbocycles. The quantitative estimate of drug-likeness (QED) is 0.349. The van der Waals surface area contributed by atoms with Gasteiger partial charge in [-0.05, 0) is 62.6 Å². The highest BCUT2D eigenvalue weighted by molar-refractivity contribution is 7.90. The number of hydrogen-bond donors (Lipinski definition) is 2. The molecule has 3 nitrogen and oxygen atoms in total. The van der Waals surface area contributed by atoms with Crippen LogP contribution in [0, 0.1) is 0 Å². The van der Waals surface area contributed by atoms with Gasteiger partial charge in [0.25, 0.3) is 0 Å². The third-order valence-corrected chi connectivity index (χ3v) is 6.47. The van der Waals surface area contributed by atoms with Gasteiger partial charge in [-0.2, -0.15) is 0 Å². The summed E-state index contributed by atoms with van der Waals surface area (Å²) in [5, 5.41) is 1.23. The number of rotatable bonds is 7. The fraction of sp³-hybridized carbons (Fsp3) is 0.333. The maximum absolute atomic E-state index is 13.0. The number of benzene rings is 2. The molecule has 27 heavy (non-hydrogen) atoms. The predicted octanol–water partition coefficient (Wildman–Crippen LogP) is 5.52. The molecule has 6 heteroatoms. The lowest BCUT2D eigenvalue weighted by Crippen LogP contribution is -2.59. The minimum atomic E-state index is -1.39. The Morgan fingerprint density at radius 1 is 1.15 bits per heavy atom. The summed E-state index contributed by atoms with van der Waals surface area (Å²) in [6.07, 6.45) is 2.39. The van der Waals surface area contributed by atoms with Crippen molar-refractivity contribution < 1.29 is 4.55 Å². The summed E-state index contributed by atoms with van der Waals surface area (Å²) in [5.41, 5.74) is 7.56. The van der Waals surface area contributed by atoms with E-state index in [1.54, 1.807) is 12.1 Å². The molecule has 3 N–H and O–H groups in total. The lowest BCUT2D eigenvalue weighted by Gasteiger charge is -2.40. The SMILES string of the molecule is C=CC[C@H](c1cccc(Cl)c1)[C@](N)(N[S+]([O-])C(C)(C)C)c1ccc(Cl)cc1. The first-order valence-electron chi connectivity index (χ1n) is 8.69. The molecule has 0 bridgehead atoms. The van der Waals surface area contributed by atoms with Crippen LogP contribution in [0.2, 0.25) is 10.0 Å². The van der Waals surface area contributed by atoms with Gasteiger partial charge in [-0.3, -0.25) is 0 Å². The van der Waals surface area contributed by atoms with Crippen molar-refractivity contribution in [2.45, 2.75) is 43.5 Å². The van der Waals surface area contributed by atoms with Gasteiger partial charge in [0.05, 0.1) is 0 Å². The number of hydrogen-bond acceptors (Lipinski definition) is 3. The van der Waals surface area contributed by atoms with E-state index >= 15 is 0 Å². The predicted molar refractivity (Wildman–Crippen MR) is 117 cm³/mol. The number of allylic oxidation sites excluding steroid dienone is 1. The van der Waals surface area contributed by atoms with Crippen molar-refractivity contribution in [1.29, 1.82) is 0 Å². The highest BCUT2D eigenvalue weighted by Gasteiger charge is 2.43. The second-order valence-corrected chi connectivity index (χ2v) is 10.3. The van der Waals surface area contributed by atoms with Crippen LogP contribution in [0.5, 0.6) is 0 Å². The van der Waals surface area contributed by atoms with Crippen molar-refractivity contribution in [1.82, 2.24) is 4.72 Å². The van der Waals surface area contributed by atoms with Crippen LogP contribution in [0.3, 0.4) is 0 Å². The van der Waals surface area contributed by atoms with Crippen molar-refractivity contribution in [2.24, 2.45) is 5.73 Å². The van der Waals surface area contributed by atoms with Gasteiger partial charge in [-0.25, -0.2) is 0 Å². The average Bonchev–Trinajstić information content (AvgIpc) is 2.59. The largest absolute Gasteiger partial charge is 0.598 e. The van der Waals surface area contributed by atoms with Crippen LogP contribution in [0.1, 0.15) is 44.2 Å². The fourth-order valence-electron chi connectivity index (χ4n) is 2.84. The third-order valence-electron chi connectivity index (χ3n) is 4.34. The van der Waals surface area contributed by atoms with E-state index in [9.17, 15) is 4.55 Å². The van der Waals surface area contributed by atoms with Crippen LogP contribution >= 0.6 is 23.2 Å². The summed E-state index contributed by atoms with van der Waals surface area (Å²) in [4.78, 5) is 0. The molecular weight excluding hydrogens is 399 g/mol. The zero-order valence-corrected chi connectivity index (χ0v) is 18.2. The van der Waals surface area contributed by atoms with E-state index in [1.807, 2.05) is 63.2 Å². The molecule has 0 spiro atoms. The van der Waals surface area contributed by atoms with Crippen LogP contribution in [-0.2, 0) is 17.0 Å². The van der Waals surface area contributed by atoms with Gasteiger partial charge in [0, 0.05) is 27.3 Å². The molecule has 0 aliphatic rings. The Morgan fingerprint density at radius 2 is 1.78 bits per heavy atom. The Morgan fingerprint density at radius 3 is 2.30 bits per heavy atom. The fourth-order valence-corrected chi connectivity index (χ4v) is 4.04. The molecule has 146 valence electrons. The maximum Gasteiger partial charge on any atom is 0.143 e. The van der Waals surface area contributed by atoms with Crippen LogP contribution in [0.25, 0.3) is 0 Å². The van der Waals surface area contributed by atoms with E-state index in [1.165, 1.54) is 0 Å². The lowest BCUT2D eigenvalue weighted by atomic mass is 9.80. The van der Waals surface area contributed by atoms with Crippen LogP contribution in [0.4, 0.5) is 0 Å². The Balaban J connectivity index is 2.60. The normalized spacial score (nSPS) is 16.4. The summed E-state index contributed by atoms with van der Waals surface area (Å²) in [6, 6.07) is 14.8. The highest BCUT2D eigenvalue weighted by atomic mass is 35.5. The summed E-state index contributed by atoms with van der Waals surface area (Å²) >= 11 is 10.9. The molecule has 0 aliphatic carbocycles. The van der Waals surface area contributed by atoms with E-state index < -0.39 is 21.8 Å². The van der Waals surface area contributed by atoms with Crippen LogP contribution in [-0.4, -0.2) is 9.30 Å². The van der Waals surface area contributed by atoms with Gasteiger partial charge in [-0.1, -0.05) is 53.5 Å². The number of halogens is 2. The highest BCUT2D eigenvalue weighted by Crippen LogP contribution is 2.38. The molecule has 0 aromatic heterocycles. The van der Waals surface area contributed by atoms with Gasteiger partial charge in [0.1, 0.15) is 10.4 Å². The van der Waals surface area contributed by atoms with Crippen molar-refractivity contribution in [3.63, 3.8) is 0 Å². The molecule has 0 saturated carbocycles. The Labute approximate surface area is 175 Å². The second kappa shape index (κ2) is 8.99. The zero-order valence-electron chi connectivity index (χ0n) is 15.8. The number of nitrogens with one attached hydrogen (secondary N) is 1. The zero-order chi connectivity index (χ0) is 20.2. The van der Waals surface area contributed by atoms with Crippen molar-refractivity contribution >= 4 is 34.6 Å². The first-order valence-corrected chi connectivity index (χ1v) is 10.6. The van der Waals surface area contributed by atoms with E-state index in [-0.39, 0.29) is 5.92 Å². The molecular formula is C21H26Cl2N2OS. The van der Waals surface area contributed by atoms with Gasteiger partial charge < -0.3 is 10.3 Å². The molecule has 0 radical (unpaired) electrons. The minimum absolute atomic E-state index is 0.235. The third kappa shape index (κ3) is 5.50. The van der Waals surface area contributed by atoms with Gasteiger partial charge in [0.15, 0.2) is 0 Å². The van der Waals surface area contributed by atoms with Gasteiger partial charge in [0.2, 0.25) is 0 Å². The maximum atomic E-state index is 13.0. The topological polar surface area (TPSA) is 61.1 Å². The van der Waals surface area contributed by atoms with E-state index in [2.05, 4.69) is 11.3 Å². The standard InChI is InChI=1S/C21H26Cl2N2OS/c1-5-7-19(15-8-6-9-18(23)14-15)21(24,25-27(26)20(2,3)4)16-10-12-17(22)13-11-16/h5-6,8-14,19,25H,1,7,24H2,2-4H3/t19-,21-,27?/m1/s1. The van der Waals surface area contributed by atoms with E-state index in [0.717, 1.165) is 11.1 Å². The molecule has 0 fully saturated rings. The van der Waals surface area contributed by atoms with Crippen molar-refractivity contribution in [3.05, 3.63) is 82.4 Å². The lowest BCUT2D eigenvalue weighted by molar-refractivity contribution is 0.324. The summed E-state index contributed by atoms with van der Waals surface area (Å²) in [5.74, 6) is -0.235. The molecule has 0 saturated heterocycles. The molecule has 0 amide bonds. The van der Waals surface area contributed by atoms with E-state index in [0.29, 0.717) is 16.5 Å². The Bertz CT molecular complexity index is 776. The van der Waals surface area contributed by atoms with Crippen LogP contribution < -0.4 is 10.5 Å². The second-order valence-electron chi connectivity index (χ2n) is 7.49. The Kier molecular flexibility index (Phi) is 7.42. The Hall–Kier alpha value is -1.01. The molecule has 0 heterocycles. The molecule has 0 aliphatic heterocycles. The smallest absolute Gasteiger partial charge is 0.143 e. The van der Waals surface area contributed by atoms with Crippen molar-refractivity contribution in [3.8, 4) is 0 Å². The number of nitrogens with two attached hydrogens (primary N) is 1. The summed E-state index contributed by atoms with van der Waals surface area (Å²) in [7, 11) is 0. The van der Waals surface area contributed by atoms with Crippen molar-refractivity contribution in [2.75, 3.05) is 0 Å². The summed E-state index contributed by atoms with van der Waals surface area (Å²) in [6.45, 7) is 9.59. The summed E-state index contributed by atoms with van der Waals surface area (Å²) < 4.78 is 15.7. The van der Waals surface area contributed by atoms with Crippen LogP contribution in [0.15, 0.2) is 61.2 Å². The minimum Gasteiger partial charge on any atom is -0.598 e. The molecule has 1 unspecified atom stereocenters. The average molecular weight is 425 g/mol. The molecule has 2 rings (SSSR count). The van der Waals surface area contributed by atoms with Gasteiger partial charge in [-0.15, -0.1) is 11.3 Å². The first-order chi connectivity index (χ1) is 12.6. The monoisotopic (exact) mass is 424 g/mol.